The van der Waals surface area contributed by atoms with Gasteiger partial charge in [-0.25, -0.2) is 0 Å². The molecule has 0 unspecified atom stereocenters. The minimum atomic E-state index is -0.0778. The van der Waals surface area contributed by atoms with Gasteiger partial charge in [0, 0.05) is 10.2 Å². The number of nitrogens with zero attached hydrogens (tertiary/aromatic N) is 4. The number of rotatable bonds is 2. The number of aromatic nitrogens is 4. The smallest absolute Gasteiger partial charge is 0.248 e. The molecule has 0 saturated heterocycles. The van der Waals surface area contributed by atoms with Gasteiger partial charge in [0.05, 0.1) is 0 Å². The number of halogens is 1. The molecule has 0 radical (unpaired) electrons. The van der Waals surface area contributed by atoms with Crippen LogP contribution < -0.4 is 5.32 Å². The van der Waals surface area contributed by atoms with Crippen LogP contribution in [0.1, 0.15) is 17.2 Å². The Morgan fingerprint density at radius 3 is 2.62 bits per heavy atom. The lowest BCUT2D eigenvalue weighted by Crippen LogP contribution is -2.20. The highest BCUT2D eigenvalue weighted by molar-refractivity contribution is 9.10. The van der Waals surface area contributed by atoms with E-state index in [-0.39, 0.29) is 6.04 Å². The zero-order chi connectivity index (χ0) is 17.5. The molecule has 0 amide bonds. The first-order valence-electron chi connectivity index (χ1n) is 8.30. The number of hydrogen-bond acceptors (Lipinski definition) is 4. The Balaban J connectivity index is 1.70. The molecule has 0 spiro atoms. The van der Waals surface area contributed by atoms with Crippen molar-refractivity contribution in [1.82, 2.24) is 20.2 Å². The molecule has 0 bridgehead atoms. The fourth-order valence-electron chi connectivity index (χ4n) is 3.38. The molecule has 3 aromatic carbocycles. The third-order valence-corrected chi connectivity index (χ3v) is 5.15. The van der Waals surface area contributed by atoms with Crippen LogP contribution in [0.2, 0.25) is 0 Å². The third-order valence-electron chi connectivity index (χ3n) is 4.62. The van der Waals surface area contributed by atoms with Gasteiger partial charge in [-0.05, 0) is 50.5 Å². The Morgan fingerprint density at radius 2 is 1.73 bits per heavy atom. The minimum Gasteiger partial charge on any atom is -0.323 e. The maximum Gasteiger partial charge on any atom is 0.248 e. The summed E-state index contributed by atoms with van der Waals surface area (Å²) in [6, 6.07) is 22.9. The van der Waals surface area contributed by atoms with Crippen LogP contribution in [0.3, 0.4) is 0 Å². The lowest BCUT2D eigenvalue weighted by molar-refractivity contribution is 0.589. The summed E-state index contributed by atoms with van der Waals surface area (Å²) in [6.07, 6.45) is 2.17. The standard InChI is InChI=1S/C20H14BrN5/c21-15-10-8-14(9-11-15)18-12-19(26-20(22-18)23-24-25-26)17-7-3-5-13-4-1-2-6-16(13)17/h1-12,19H,(H,22,23,25)/t19-/m1/s1. The van der Waals surface area contributed by atoms with Crippen molar-refractivity contribution in [2.24, 2.45) is 0 Å². The maximum absolute atomic E-state index is 4.20. The van der Waals surface area contributed by atoms with Gasteiger partial charge in [0.2, 0.25) is 5.95 Å². The van der Waals surface area contributed by atoms with Crippen molar-refractivity contribution in [3.8, 4) is 0 Å². The van der Waals surface area contributed by atoms with E-state index in [0.29, 0.717) is 5.95 Å². The highest BCUT2D eigenvalue weighted by Crippen LogP contribution is 2.35. The van der Waals surface area contributed by atoms with Gasteiger partial charge in [0.1, 0.15) is 6.04 Å². The zero-order valence-corrected chi connectivity index (χ0v) is 15.3. The van der Waals surface area contributed by atoms with Crippen molar-refractivity contribution in [3.63, 3.8) is 0 Å². The number of nitrogens with one attached hydrogen (secondary N) is 1. The van der Waals surface area contributed by atoms with Crippen molar-refractivity contribution >= 4 is 38.3 Å². The summed E-state index contributed by atoms with van der Waals surface area (Å²) in [7, 11) is 0. The van der Waals surface area contributed by atoms with Crippen molar-refractivity contribution in [2.45, 2.75) is 6.04 Å². The maximum atomic E-state index is 4.20. The molecule has 1 atom stereocenters. The molecule has 126 valence electrons. The van der Waals surface area contributed by atoms with Gasteiger partial charge >= 0.3 is 0 Å². The first-order chi connectivity index (χ1) is 12.8. The molecule has 1 aliphatic heterocycles. The molecule has 0 saturated carbocycles. The lowest BCUT2D eigenvalue weighted by Gasteiger charge is -2.24. The van der Waals surface area contributed by atoms with Crippen LogP contribution in [-0.4, -0.2) is 20.2 Å². The molecule has 6 heteroatoms. The Labute approximate surface area is 158 Å². The highest BCUT2D eigenvalue weighted by Gasteiger charge is 2.25. The topological polar surface area (TPSA) is 55.6 Å². The van der Waals surface area contributed by atoms with E-state index in [1.54, 1.807) is 0 Å². The number of fused-ring (bicyclic) bond motifs is 2. The first kappa shape index (κ1) is 15.3. The lowest BCUT2D eigenvalue weighted by atomic mass is 9.96. The third kappa shape index (κ3) is 2.50. The molecule has 1 aromatic heterocycles. The summed E-state index contributed by atoms with van der Waals surface area (Å²) >= 11 is 3.49. The van der Waals surface area contributed by atoms with Crippen molar-refractivity contribution in [3.05, 3.63) is 88.4 Å². The summed E-state index contributed by atoms with van der Waals surface area (Å²) in [6.45, 7) is 0. The van der Waals surface area contributed by atoms with Gasteiger partial charge in [-0.2, -0.15) is 4.68 Å². The molecular weight excluding hydrogens is 390 g/mol. The van der Waals surface area contributed by atoms with Gasteiger partial charge in [-0.15, -0.1) is 0 Å². The van der Waals surface area contributed by atoms with Gasteiger partial charge in [0.15, 0.2) is 0 Å². The minimum absolute atomic E-state index is 0.0778. The normalized spacial score (nSPS) is 16.0. The zero-order valence-electron chi connectivity index (χ0n) is 13.7. The van der Waals surface area contributed by atoms with Crippen LogP contribution in [-0.2, 0) is 0 Å². The average Bonchev–Trinajstić information content (AvgIpc) is 3.16. The Bertz CT molecular complexity index is 1130. The van der Waals surface area contributed by atoms with E-state index in [1.165, 1.54) is 16.3 Å². The van der Waals surface area contributed by atoms with Crippen LogP contribution in [0, 0.1) is 0 Å². The van der Waals surface area contributed by atoms with E-state index in [2.05, 4.69) is 97.4 Å². The Morgan fingerprint density at radius 1 is 0.923 bits per heavy atom. The summed E-state index contributed by atoms with van der Waals surface area (Å²) < 4.78 is 2.87. The molecule has 2 heterocycles. The molecule has 0 aliphatic carbocycles. The summed E-state index contributed by atoms with van der Waals surface area (Å²) in [5.74, 6) is 0.642. The second-order valence-corrected chi connectivity index (χ2v) is 7.09. The fourth-order valence-corrected chi connectivity index (χ4v) is 3.65. The van der Waals surface area contributed by atoms with E-state index in [4.69, 9.17) is 0 Å². The average molecular weight is 404 g/mol. The van der Waals surface area contributed by atoms with Crippen LogP contribution in [0.4, 0.5) is 5.95 Å². The van der Waals surface area contributed by atoms with Crippen molar-refractivity contribution < 1.29 is 0 Å². The van der Waals surface area contributed by atoms with Gasteiger partial charge < -0.3 is 5.32 Å². The summed E-state index contributed by atoms with van der Waals surface area (Å²) in [4.78, 5) is 0. The van der Waals surface area contributed by atoms with E-state index < -0.39 is 0 Å². The first-order valence-corrected chi connectivity index (χ1v) is 9.09. The predicted octanol–water partition coefficient (Wildman–Crippen LogP) is 4.64. The number of tetrazole rings is 1. The van der Waals surface area contributed by atoms with E-state index in [1.807, 2.05) is 16.8 Å². The number of benzene rings is 3. The second kappa shape index (κ2) is 6.07. The van der Waals surface area contributed by atoms with E-state index >= 15 is 0 Å². The van der Waals surface area contributed by atoms with Gasteiger partial charge in [-0.1, -0.05) is 75.6 Å². The number of anilines is 1. The van der Waals surface area contributed by atoms with Crippen LogP contribution in [0.15, 0.2) is 77.3 Å². The van der Waals surface area contributed by atoms with Crippen molar-refractivity contribution in [2.75, 3.05) is 5.32 Å². The van der Waals surface area contributed by atoms with Crippen LogP contribution in [0.5, 0.6) is 0 Å². The van der Waals surface area contributed by atoms with Crippen LogP contribution in [0.25, 0.3) is 16.5 Å². The molecule has 4 aromatic rings. The highest BCUT2D eigenvalue weighted by atomic mass is 79.9. The van der Waals surface area contributed by atoms with Crippen LogP contribution >= 0.6 is 15.9 Å². The molecular formula is C20H14BrN5. The van der Waals surface area contributed by atoms with E-state index in [9.17, 15) is 0 Å². The molecule has 0 fully saturated rings. The quantitative estimate of drug-likeness (QED) is 0.529. The van der Waals surface area contributed by atoms with Crippen molar-refractivity contribution in [1.29, 1.82) is 0 Å². The molecule has 5 rings (SSSR count). The number of allylic oxidation sites excluding steroid dienone is 1. The van der Waals surface area contributed by atoms with Gasteiger partial charge in [0.25, 0.3) is 0 Å². The number of hydrogen-bond donors (Lipinski definition) is 1. The van der Waals surface area contributed by atoms with E-state index in [0.717, 1.165) is 15.7 Å². The summed E-state index contributed by atoms with van der Waals surface area (Å²) in [5.41, 5.74) is 3.26. The summed E-state index contributed by atoms with van der Waals surface area (Å²) in [5, 5.41) is 18.0. The Kier molecular flexibility index (Phi) is 3.57. The molecule has 5 nitrogen and oxygen atoms in total. The molecule has 1 aliphatic rings. The molecule has 1 N–H and O–H groups in total. The Hall–Kier alpha value is -2.99. The SMILES string of the molecule is Brc1ccc(C2=C[C@H](c3cccc4ccccc34)n3nnnc3N2)cc1. The fraction of sp³-hybridized carbons (Fsp3) is 0.0500. The largest absolute Gasteiger partial charge is 0.323 e. The predicted molar refractivity (Wildman–Crippen MR) is 106 cm³/mol. The molecule has 26 heavy (non-hydrogen) atoms. The monoisotopic (exact) mass is 403 g/mol. The second-order valence-electron chi connectivity index (χ2n) is 6.17. The van der Waals surface area contributed by atoms with Gasteiger partial charge in [-0.3, -0.25) is 0 Å².